The summed E-state index contributed by atoms with van der Waals surface area (Å²) in [6, 6.07) is 0.441. The van der Waals surface area contributed by atoms with E-state index in [-0.39, 0.29) is 11.3 Å². The highest BCUT2D eigenvalue weighted by Crippen LogP contribution is 2.26. The minimum atomic E-state index is 0.151. The molecule has 4 nitrogen and oxygen atoms in total. The van der Waals surface area contributed by atoms with Crippen molar-refractivity contribution in [2.45, 2.75) is 52.0 Å². The van der Waals surface area contributed by atoms with E-state index in [1.165, 1.54) is 5.56 Å². The van der Waals surface area contributed by atoms with E-state index < -0.39 is 0 Å². The lowest BCUT2D eigenvalue weighted by Crippen LogP contribution is -2.37. The van der Waals surface area contributed by atoms with Crippen molar-refractivity contribution in [3.63, 3.8) is 0 Å². The van der Waals surface area contributed by atoms with Gasteiger partial charge in [-0.1, -0.05) is 20.8 Å². The summed E-state index contributed by atoms with van der Waals surface area (Å²) in [6.07, 6.45) is 6.14. The predicted molar refractivity (Wildman–Crippen MR) is 71.5 cm³/mol. The first-order valence-electron chi connectivity index (χ1n) is 6.68. The number of rotatable bonds is 1. The van der Waals surface area contributed by atoms with E-state index in [0.717, 1.165) is 25.9 Å². The highest BCUT2D eigenvalue weighted by molar-refractivity contribution is 5.73. The molecule has 1 fully saturated rings. The summed E-state index contributed by atoms with van der Waals surface area (Å²) >= 11 is 0. The minimum Gasteiger partial charge on any atom is -0.343 e. The van der Waals surface area contributed by atoms with E-state index in [2.05, 4.69) is 36.7 Å². The molecular formula is C14H23N3O. The molecule has 2 heterocycles. The van der Waals surface area contributed by atoms with E-state index in [1.54, 1.807) is 6.92 Å². The normalized spacial score (nSPS) is 18.1. The molecule has 100 valence electrons. The van der Waals surface area contributed by atoms with Crippen molar-refractivity contribution >= 4 is 5.91 Å². The Bertz CT molecular complexity index is 422. The van der Waals surface area contributed by atoms with Gasteiger partial charge in [0.05, 0.1) is 12.2 Å². The van der Waals surface area contributed by atoms with Gasteiger partial charge in [-0.3, -0.25) is 9.48 Å². The molecule has 0 aliphatic carbocycles. The standard InChI is InChI=1S/C14H23N3O/c1-11(18)16-7-5-13(6-8-16)17-10-12(9-15-17)14(2,3)4/h9-10,13H,5-8H2,1-4H3. The van der Waals surface area contributed by atoms with Crippen LogP contribution >= 0.6 is 0 Å². The average Bonchev–Trinajstić information content (AvgIpc) is 2.78. The smallest absolute Gasteiger partial charge is 0.219 e. The predicted octanol–water partition coefficient (Wildman–Crippen LogP) is 2.36. The van der Waals surface area contributed by atoms with E-state index in [9.17, 15) is 4.79 Å². The number of hydrogen-bond donors (Lipinski definition) is 0. The number of hydrogen-bond acceptors (Lipinski definition) is 2. The number of piperidine rings is 1. The zero-order valence-corrected chi connectivity index (χ0v) is 11.8. The Hall–Kier alpha value is -1.32. The van der Waals surface area contributed by atoms with Crippen molar-refractivity contribution in [1.29, 1.82) is 0 Å². The maximum absolute atomic E-state index is 11.3. The van der Waals surface area contributed by atoms with Gasteiger partial charge < -0.3 is 4.90 Å². The molecule has 1 aliphatic heterocycles. The molecule has 1 saturated heterocycles. The van der Waals surface area contributed by atoms with E-state index >= 15 is 0 Å². The van der Waals surface area contributed by atoms with Crippen LogP contribution in [0, 0.1) is 0 Å². The molecule has 0 bridgehead atoms. The molecule has 1 amide bonds. The number of aromatic nitrogens is 2. The molecule has 1 aromatic rings. The van der Waals surface area contributed by atoms with Gasteiger partial charge in [-0.25, -0.2) is 0 Å². The molecule has 0 radical (unpaired) electrons. The fourth-order valence-corrected chi connectivity index (χ4v) is 2.37. The van der Waals surface area contributed by atoms with Gasteiger partial charge in [0.1, 0.15) is 0 Å². The molecule has 4 heteroatoms. The molecule has 0 atom stereocenters. The van der Waals surface area contributed by atoms with Crippen LogP contribution in [0.2, 0.25) is 0 Å². The van der Waals surface area contributed by atoms with Crippen LogP contribution in [0.5, 0.6) is 0 Å². The lowest BCUT2D eigenvalue weighted by Gasteiger charge is -2.31. The van der Waals surface area contributed by atoms with Crippen molar-refractivity contribution in [2.75, 3.05) is 13.1 Å². The molecule has 0 saturated carbocycles. The van der Waals surface area contributed by atoms with Gasteiger partial charge in [-0.05, 0) is 23.8 Å². The van der Waals surface area contributed by atoms with Gasteiger partial charge in [-0.15, -0.1) is 0 Å². The molecule has 0 spiro atoms. The minimum absolute atomic E-state index is 0.151. The van der Waals surface area contributed by atoms with Gasteiger partial charge in [0.25, 0.3) is 0 Å². The molecule has 0 unspecified atom stereocenters. The van der Waals surface area contributed by atoms with Crippen LogP contribution in [-0.4, -0.2) is 33.7 Å². The van der Waals surface area contributed by atoms with Crippen LogP contribution in [0.3, 0.4) is 0 Å². The second kappa shape index (κ2) is 4.75. The molecule has 1 aliphatic rings. The number of carbonyl (C=O) groups is 1. The Morgan fingerprint density at radius 3 is 2.39 bits per heavy atom. The Kier molecular flexibility index (Phi) is 3.46. The Morgan fingerprint density at radius 1 is 1.33 bits per heavy atom. The van der Waals surface area contributed by atoms with Crippen molar-refractivity contribution in [3.8, 4) is 0 Å². The lowest BCUT2D eigenvalue weighted by atomic mass is 9.90. The summed E-state index contributed by atoms with van der Waals surface area (Å²) in [4.78, 5) is 13.2. The second-order valence-electron chi connectivity index (χ2n) is 6.20. The number of likely N-dealkylation sites (tertiary alicyclic amines) is 1. The Balaban J connectivity index is 2.02. The zero-order valence-electron chi connectivity index (χ0n) is 11.8. The van der Waals surface area contributed by atoms with Crippen molar-refractivity contribution in [1.82, 2.24) is 14.7 Å². The van der Waals surface area contributed by atoms with Crippen LogP contribution in [-0.2, 0) is 10.2 Å². The Morgan fingerprint density at radius 2 is 1.94 bits per heavy atom. The SMILES string of the molecule is CC(=O)N1CCC(n2cc(C(C)(C)C)cn2)CC1. The Labute approximate surface area is 109 Å². The average molecular weight is 249 g/mol. The summed E-state index contributed by atoms with van der Waals surface area (Å²) in [7, 11) is 0. The van der Waals surface area contributed by atoms with Gasteiger partial charge in [0.15, 0.2) is 0 Å². The summed E-state index contributed by atoms with van der Waals surface area (Å²) in [5.74, 6) is 0.185. The monoisotopic (exact) mass is 249 g/mol. The number of amides is 1. The molecule has 0 aromatic carbocycles. The highest BCUT2D eigenvalue weighted by atomic mass is 16.2. The van der Waals surface area contributed by atoms with E-state index in [4.69, 9.17) is 0 Å². The summed E-state index contributed by atoms with van der Waals surface area (Å²) in [5.41, 5.74) is 1.43. The van der Waals surface area contributed by atoms with Gasteiger partial charge >= 0.3 is 0 Å². The lowest BCUT2D eigenvalue weighted by molar-refractivity contribution is -0.130. The summed E-state index contributed by atoms with van der Waals surface area (Å²) in [5, 5.41) is 4.49. The van der Waals surface area contributed by atoms with Crippen LogP contribution < -0.4 is 0 Å². The first-order chi connectivity index (χ1) is 8.38. The fourth-order valence-electron chi connectivity index (χ4n) is 2.37. The third-order valence-electron chi connectivity index (χ3n) is 3.75. The second-order valence-corrected chi connectivity index (χ2v) is 6.20. The molecule has 18 heavy (non-hydrogen) atoms. The number of carbonyl (C=O) groups excluding carboxylic acids is 1. The first-order valence-corrected chi connectivity index (χ1v) is 6.68. The maximum Gasteiger partial charge on any atom is 0.219 e. The van der Waals surface area contributed by atoms with Crippen LogP contribution in [0.25, 0.3) is 0 Å². The third kappa shape index (κ3) is 2.74. The quantitative estimate of drug-likeness (QED) is 0.766. The zero-order chi connectivity index (χ0) is 13.3. The maximum atomic E-state index is 11.3. The first kappa shape index (κ1) is 13.1. The molecule has 2 rings (SSSR count). The largest absolute Gasteiger partial charge is 0.343 e. The fraction of sp³-hybridized carbons (Fsp3) is 0.714. The van der Waals surface area contributed by atoms with Crippen LogP contribution in [0.1, 0.15) is 52.1 Å². The van der Waals surface area contributed by atoms with Crippen molar-refractivity contribution in [3.05, 3.63) is 18.0 Å². The summed E-state index contributed by atoms with van der Waals surface area (Å²) < 4.78 is 2.08. The van der Waals surface area contributed by atoms with Gasteiger partial charge in [0, 0.05) is 26.2 Å². The molecule has 0 N–H and O–H groups in total. The van der Waals surface area contributed by atoms with E-state index in [0.29, 0.717) is 6.04 Å². The third-order valence-corrected chi connectivity index (χ3v) is 3.75. The van der Waals surface area contributed by atoms with Crippen molar-refractivity contribution < 1.29 is 4.79 Å². The van der Waals surface area contributed by atoms with Crippen LogP contribution in [0.4, 0.5) is 0 Å². The van der Waals surface area contributed by atoms with Crippen molar-refractivity contribution in [2.24, 2.45) is 0 Å². The van der Waals surface area contributed by atoms with E-state index in [1.807, 2.05) is 11.1 Å². The van der Waals surface area contributed by atoms with Crippen LogP contribution in [0.15, 0.2) is 12.4 Å². The molecule has 1 aromatic heterocycles. The van der Waals surface area contributed by atoms with Gasteiger partial charge in [0.2, 0.25) is 5.91 Å². The summed E-state index contributed by atoms with van der Waals surface area (Å²) in [6.45, 7) is 9.95. The van der Waals surface area contributed by atoms with Gasteiger partial charge in [-0.2, -0.15) is 5.10 Å². The topological polar surface area (TPSA) is 38.1 Å². The number of nitrogens with zero attached hydrogens (tertiary/aromatic N) is 3. The molecular weight excluding hydrogens is 226 g/mol. The highest BCUT2D eigenvalue weighted by Gasteiger charge is 2.24.